The number of allylic oxidation sites excluding steroid dienone is 1. The molecule has 0 bridgehead atoms. The maximum Gasteiger partial charge on any atom is 0.155 e. The SMILES string of the molecule is Cc1ccc(C(C)CCC(=O)/C=C/c2ccccc2)cc1. The number of carbonyl (C=O) groups excluding carboxylic acids is 1. The van der Waals surface area contributed by atoms with E-state index in [0.29, 0.717) is 12.3 Å². The van der Waals surface area contributed by atoms with E-state index < -0.39 is 0 Å². The molecule has 0 aromatic heterocycles. The van der Waals surface area contributed by atoms with Crippen LogP contribution in [0.2, 0.25) is 0 Å². The Kier molecular flexibility index (Phi) is 5.51. The molecule has 0 spiro atoms. The number of rotatable bonds is 6. The van der Waals surface area contributed by atoms with Crippen LogP contribution in [-0.4, -0.2) is 5.78 Å². The molecule has 0 radical (unpaired) electrons. The highest BCUT2D eigenvalue weighted by atomic mass is 16.1. The summed E-state index contributed by atoms with van der Waals surface area (Å²) in [5, 5.41) is 0. The van der Waals surface area contributed by atoms with Crippen LogP contribution in [0.15, 0.2) is 60.7 Å². The van der Waals surface area contributed by atoms with Crippen molar-refractivity contribution in [1.82, 2.24) is 0 Å². The van der Waals surface area contributed by atoms with Crippen molar-refractivity contribution in [3.8, 4) is 0 Å². The fourth-order valence-electron chi connectivity index (χ4n) is 2.26. The first-order chi connectivity index (χ1) is 10.1. The van der Waals surface area contributed by atoms with Gasteiger partial charge in [-0.3, -0.25) is 4.79 Å². The van der Waals surface area contributed by atoms with Crippen molar-refractivity contribution >= 4 is 11.9 Å². The zero-order valence-corrected chi connectivity index (χ0v) is 12.8. The average Bonchev–Trinajstić information content (AvgIpc) is 2.52. The van der Waals surface area contributed by atoms with Crippen molar-refractivity contribution in [2.45, 2.75) is 32.6 Å². The molecule has 1 nitrogen and oxygen atoms in total. The highest BCUT2D eigenvalue weighted by molar-refractivity contribution is 5.93. The van der Waals surface area contributed by atoms with Gasteiger partial charge in [-0.15, -0.1) is 0 Å². The molecule has 0 saturated heterocycles. The lowest BCUT2D eigenvalue weighted by Crippen LogP contribution is -1.99. The number of carbonyl (C=O) groups is 1. The molecule has 0 heterocycles. The highest BCUT2D eigenvalue weighted by Crippen LogP contribution is 2.21. The molecule has 108 valence electrons. The lowest BCUT2D eigenvalue weighted by molar-refractivity contribution is -0.114. The van der Waals surface area contributed by atoms with Gasteiger partial charge in [-0.05, 0) is 36.5 Å². The Balaban J connectivity index is 1.83. The molecule has 0 N–H and O–H groups in total. The van der Waals surface area contributed by atoms with Gasteiger partial charge in [0.05, 0.1) is 0 Å². The van der Waals surface area contributed by atoms with Gasteiger partial charge in [-0.25, -0.2) is 0 Å². The van der Waals surface area contributed by atoms with Crippen LogP contribution in [-0.2, 0) is 4.79 Å². The van der Waals surface area contributed by atoms with Crippen LogP contribution in [0.1, 0.15) is 42.4 Å². The van der Waals surface area contributed by atoms with Gasteiger partial charge < -0.3 is 0 Å². The van der Waals surface area contributed by atoms with Crippen LogP contribution in [0.3, 0.4) is 0 Å². The molecule has 0 fully saturated rings. The van der Waals surface area contributed by atoms with Crippen molar-refractivity contribution in [3.05, 3.63) is 77.4 Å². The number of aryl methyl sites for hydroxylation is 1. The van der Waals surface area contributed by atoms with Crippen molar-refractivity contribution in [1.29, 1.82) is 0 Å². The Hall–Kier alpha value is -2.15. The Morgan fingerprint density at radius 3 is 2.38 bits per heavy atom. The van der Waals surface area contributed by atoms with Gasteiger partial charge in [0, 0.05) is 6.42 Å². The van der Waals surface area contributed by atoms with Crippen LogP contribution < -0.4 is 0 Å². The van der Waals surface area contributed by atoms with E-state index in [4.69, 9.17) is 0 Å². The van der Waals surface area contributed by atoms with Crippen molar-refractivity contribution < 1.29 is 4.79 Å². The van der Waals surface area contributed by atoms with Gasteiger partial charge in [0.15, 0.2) is 5.78 Å². The zero-order chi connectivity index (χ0) is 15.1. The molecule has 0 aliphatic rings. The zero-order valence-electron chi connectivity index (χ0n) is 12.8. The van der Waals surface area contributed by atoms with Gasteiger partial charge >= 0.3 is 0 Å². The molecule has 0 amide bonds. The Bertz CT molecular complexity index is 593. The summed E-state index contributed by atoms with van der Waals surface area (Å²) in [6, 6.07) is 18.5. The van der Waals surface area contributed by atoms with E-state index in [2.05, 4.69) is 38.1 Å². The van der Waals surface area contributed by atoms with Gasteiger partial charge in [0.25, 0.3) is 0 Å². The maximum atomic E-state index is 11.9. The molecule has 2 aromatic carbocycles. The quantitative estimate of drug-likeness (QED) is 0.667. The van der Waals surface area contributed by atoms with E-state index in [0.717, 1.165) is 12.0 Å². The second-order valence-electron chi connectivity index (χ2n) is 5.56. The summed E-state index contributed by atoms with van der Waals surface area (Å²) in [4.78, 5) is 11.9. The molecule has 1 atom stereocenters. The predicted octanol–water partition coefficient (Wildman–Crippen LogP) is 5.16. The van der Waals surface area contributed by atoms with Crippen LogP contribution in [0, 0.1) is 6.92 Å². The van der Waals surface area contributed by atoms with E-state index in [1.54, 1.807) is 6.08 Å². The minimum absolute atomic E-state index is 0.192. The molecule has 1 unspecified atom stereocenters. The van der Waals surface area contributed by atoms with Crippen molar-refractivity contribution in [2.24, 2.45) is 0 Å². The number of hydrogen-bond donors (Lipinski definition) is 0. The Morgan fingerprint density at radius 1 is 1.05 bits per heavy atom. The van der Waals surface area contributed by atoms with Crippen LogP contribution in [0.25, 0.3) is 6.08 Å². The number of benzene rings is 2. The summed E-state index contributed by atoms with van der Waals surface area (Å²) >= 11 is 0. The monoisotopic (exact) mass is 278 g/mol. The minimum Gasteiger partial charge on any atom is -0.295 e. The first-order valence-corrected chi connectivity index (χ1v) is 7.47. The lowest BCUT2D eigenvalue weighted by Gasteiger charge is -2.10. The molecule has 0 saturated carbocycles. The third-order valence-corrected chi connectivity index (χ3v) is 3.73. The molecule has 21 heavy (non-hydrogen) atoms. The third kappa shape index (κ3) is 5.03. The minimum atomic E-state index is 0.192. The van der Waals surface area contributed by atoms with E-state index in [9.17, 15) is 4.79 Å². The highest BCUT2D eigenvalue weighted by Gasteiger charge is 2.07. The normalized spacial score (nSPS) is 12.5. The van der Waals surface area contributed by atoms with Crippen LogP contribution >= 0.6 is 0 Å². The second-order valence-corrected chi connectivity index (χ2v) is 5.56. The van der Waals surface area contributed by atoms with Crippen molar-refractivity contribution in [2.75, 3.05) is 0 Å². The van der Waals surface area contributed by atoms with Gasteiger partial charge in [-0.1, -0.05) is 73.2 Å². The first kappa shape index (κ1) is 15.2. The lowest BCUT2D eigenvalue weighted by atomic mass is 9.94. The fraction of sp³-hybridized carbons (Fsp3) is 0.250. The molecule has 0 aliphatic carbocycles. The maximum absolute atomic E-state index is 11.9. The van der Waals surface area contributed by atoms with Crippen LogP contribution in [0.5, 0.6) is 0 Å². The summed E-state index contributed by atoms with van der Waals surface area (Å²) in [5.74, 6) is 0.609. The molecular weight excluding hydrogens is 256 g/mol. The molecule has 2 rings (SSSR count). The Labute approximate surface area is 127 Å². The van der Waals surface area contributed by atoms with E-state index in [1.165, 1.54) is 11.1 Å². The van der Waals surface area contributed by atoms with E-state index >= 15 is 0 Å². The largest absolute Gasteiger partial charge is 0.295 e. The van der Waals surface area contributed by atoms with Crippen LogP contribution in [0.4, 0.5) is 0 Å². The van der Waals surface area contributed by atoms with E-state index in [-0.39, 0.29) is 5.78 Å². The van der Waals surface area contributed by atoms with Crippen molar-refractivity contribution in [3.63, 3.8) is 0 Å². The van der Waals surface area contributed by atoms with Gasteiger partial charge in [-0.2, -0.15) is 0 Å². The molecular formula is C20H22O. The summed E-state index contributed by atoms with van der Waals surface area (Å²) in [6.07, 6.45) is 5.06. The van der Waals surface area contributed by atoms with Gasteiger partial charge in [0.1, 0.15) is 0 Å². The predicted molar refractivity (Wildman–Crippen MR) is 89.3 cm³/mol. The number of ketones is 1. The topological polar surface area (TPSA) is 17.1 Å². The molecule has 0 aliphatic heterocycles. The van der Waals surface area contributed by atoms with Gasteiger partial charge in [0.2, 0.25) is 0 Å². The molecule has 2 aromatic rings. The first-order valence-electron chi connectivity index (χ1n) is 7.47. The summed E-state index contributed by atoms with van der Waals surface area (Å²) < 4.78 is 0. The smallest absolute Gasteiger partial charge is 0.155 e. The summed E-state index contributed by atoms with van der Waals surface area (Å²) in [5.41, 5.74) is 3.64. The standard InChI is InChI=1S/C20H22O/c1-16-8-12-19(13-9-16)17(2)10-14-20(21)15-11-18-6-4-3-5-7-18/h3-9,11-13,15,17H,10,14H2,1-2H3/b15-11+. The van der Waals surface area contributed by atoms with E-state index in [1.807, 2.05) is 36.4 Å². The summed E-state index contributed by atoms with van der Waals surface area (Å²) in [6.45, 7) is 4.27. The summed E-state index contributed by atoms with van der Waals surface area (Å²) in [7, 11) is 0. The third-order valence-electron chi connectivity index (χ3n) is 3.73. The number of hydrogen-bond acceptors (Lipinski definition) is 1. The second kappa shape index (κ2) is 7.58. The fourth-order valence-corrected chi connectivity index (χ4v) is 2.26. The molecule has 1 heteroatoms. The Morgan fingerprint density at radius 2 is 1.71 bits per heavy atom. The average molecular weight is 278 g/mol.